The maximum atomic E-state index is 6.39. The molecule has 114 valence electrons. The number of benzene rings is 1. The molecule has 0 bridgehead atoms. The minimum atomic E-state index is 0.249. The summed E-state index contributed by atoms with van der Waals surface area (Å²) in [6.07, 6.45) is 2.97. The topological polar surface area (TPSA) is 29.9 Å². The van der Waals surface area contributed by atoms with Gasteiger partial charge in [-0.15, -0.1) is 11.8 Å². The molecule has 0 aliphatic heterocycles. The van der Waals surface area contributed by atoms with Crippen LogP contribution in [0.25, 0.3) is 0 Å². The Labute approximate surface area is 136 Å². The van der Waals surface area contributed by atoms with Crippen LogP contribution in [0.2, 0.25) is 5.15 Å². The highest BCUT2D eigenvalue weighted by atomic mass is 35.5. The van der Waals surface area contributed by atoms with E-state index >= 15 is 0 Å². The van der Waals surface area contributed by atoms with Gasteiger partial charge in [-0.05, 0) is 37.8 Å². The molecule has 3 nitrogen and oxygen atoms in total. The molecule has 1 aromatic carbocycles. The van der Waals surface area contributed by atoms with Crippen molar-refractivity contribution in [3.05, 3.63) is 46.2 Å². The molecule has 2 rings (SSSR count). The third-order valence-corrected chi connectivity index (χ3v) is 4.93. The van der Waals surface area contributed by atoms with Gasteiger partial charge in [-0.2, -0.15) is 5.10 Å². The van der Waals surface area contributed by atoms with Crippen molar-refractivity contribution in [2.75, 3.05) is 12.8 Å². The predicted octanol–water partition coefficient (Wildman–Crippen LogP) is 4.00. The number of thioether (sulfide) groups is 1. The molecule has 1 heterocycles. The zero-order valence-electron chi connectivity index (χ0n) is 13.0. The lowest BCUT2D eigenvalue weighted by Crippen LogP contribution is -2.23. The molecule has 0 aliphatic rings. The van der Waals surface area contributed by atoms with Crippen LogP contribution in [0.5, 0.6) is 0 Å². The molecule has 0 aliphatic carbocycles. The van der Waals surface area contributed by atoms with Gasteiger partial charge in [0, 0.05) is 23.5 Å². The molecule has 1 aromatic heterocycles. The van der Waals surface area contributed by atoms with E-state index in [-0.39, 0.29) is 6.04 Å². The number of nitrogens with zero attached hydrogens (tertiary/aromatic N) is 2. The highest BCUT2D eigenvalue weighted by molar-refractivity contribution is 7.98. The van der Waals surface area contributed by atoms with Gasteiger partial charge in [-0.3, -0.25) is 4.68 Å². The van der Waals surface area contributed by atoms with Crippen LogP contribution < -0.4 is 5.32 Å². The third kappa shape index (κ3) is 3.62. The van der Waals surface area contributed by atoms with Gasteiger partial charge >= 0.3 is 0 Å². The fourth-order valence-corrected chi connectivity index (χ4v) is 3.52. The van der Waals surface area contributed by atoms with Gasteiger partial charge in [-0.1, -0.05) is 36.7 Å². The lowest BCUT2D eigenvalue weighted by molar-refractivity contribution is 0.541. The molecule has 5 heteroatoms. The summed E-state index contributed by atoms with van der Waals surface area (Å²) in [4.78, 5) is 1.31. The van der Waals surface area contributed by atoms with E-state index in [0.29, 0.717) is 0 Å². The molecular formula is C16H22ClN3S. The zero-order valence-corrected chi connectivity index (χ0v) is 14.6. The van der Waals surface area contributed by atoms with Gasteiger partial charge in [0.1, 0.15) is 5.15 Å². The van der Waals surface area contributed by atoms with Gasteiger partial charge in [0.25, 0.3) is 0 Å². The van der Waals surface area contributed by atoms with Crippen LogP contribution in [0.15, 0.2) is 29.2 Å². The molecule has 0 saturated carbocycles. The summed E-state index contributed by atoms with van der Waals surface area (Å²) >= 11 is 8.17. The SMILES string of the molecule is CCNC(Cc1c(C)nn(C)c1Cl)c1ccccc1SC. The Bertz CT molecular complexity index is 610. The van der Waals surface area contributed by atoms with E-state index in [2.05, 4.69) is 47.9 Å². The van der Waals surface area contributed by atoms with Gasteiger partial charge in [-0.25, -0.2) is 0 Å². The number of aryl methyl sites for hydroxylation is 2. The highest BCUT2D eigenvalue weighted by Crippen LogP contribution is 2.30. The van der Waals surface area contributed by atoms with Crippen molar-refractivity contribution < 1.29 is 0 Å². The van der Waals surface area contributed by atoms with Gasteiger partial charge in [0.2, 0.25) is 0 Å². The molecule has 1 unspecified atom stereocenters. The first-order chi connectivity index (χ1) is 10.1. The molecule has 0 amide bonds. The first-order valence-corrected chi connectivity index (χ1v) is 8.73. The fourth-order valence-electron chi connectivity index (χ4n) is 2.60. The Hall–Kier alpha value is -0.970. The van der Waals surface area contributed by atoms with Crippen molar-refractivity contribution in [1.29, 1.82) is 0 Å². The second-order valence-electron chi connectivity index (χ2n) is 5.03. The maximum Gasteiger partial charge on any atom is 0.130 e. The molecule has 0 spiro atoms. The largest absolute Gasteiger partial charge is 0.310 e. The highest BCUT2D eigenvalue weighted by Gasteiger charge is 2.19. The molecule has 2 aromatic rings. The number of nitrogens with one attached hydrogen (secondary N) is 1. The van der Waals surface area contributed by atoms with E-state index in [0.717, 1.165) is 29.4 Å². The second-order valence-corrected chi connectivity index (χ2v) is 6.24. The molecule has 0 radical (unpaired) electrons. The summed E-state index contributed by atoms with van der Waals surface area (Å²) in [5.74, 6) is 0. The molecule has 21 heavy (non-hydrogen) atoms. The van der Waals surface area contributed by atoms with E-state index in [1.54, 1.807) is 16.4 Å². The lowest BCUT2D eigenvalue weighted by atomic mass is 9.99. The van der Waals surface area contributed by atoms with Gasteiger partial charge in [0.15, 0.2) is 0 Å². The number of halogens is 1. The number of rotatable bonds is 6. The summed E-state index contributed by atoms with van der Waals surface area (Å²) in [7, 11) is 1.89. The molecule has 0 fully saturated rings. The monoisotopic (exact) mass is 323 g/mol. The van der Waals surface area contributed by atoms with Crippen molar-refractivity contribution in [2.45, 2.75) is 31.2 Å². The summed E-state index contributed by atoms with van der Waals surface area (Å²) < 4.78 is 1.75. The average molecular weight is 324 g/mol. The summed E-state index contributed by atoms with van der Waals surface area (Å²) in [6.45, 7) is 5.07. The summed E-state index contributed by atoms with van der Waals surface area (Å²) in [5.41, 5.74) is 3.46. The fraction of sp³-hybridized carbons (Fsp3) is 0.438. The van der Waals surface area contributed by atoms with Crippen molar-refractivity contribution in [1.82, 2.24) is 15.1 Å². The molecule has 0 saturated heterocycles. The summed E-state index contributed by atoms with van der Waals surface area (Å²) in [6, 6.07) is 8.79. The first-order valence-electron chi connectivity index (χ1n) is 7.12. The number of aromatic nitrogens is 2. The average Bonchev–Trinajstić information content (AvgIpc) is 2.73. The minimum absolute atomic E-state index is 0.249. The van der Waals surface area contributed by atoms with Crippen LogP contribution >= 0.6 is 23.4 Å². The zero-order chi connectivity index (χ0) is 15.4. The van der Waals surface area contributed by atoms with Crippen molar-refractivity contribution in [3.8, 4) is 0 Å². The number of likely N-dealkylation sites (N-methyl/N-ethyl adjacent to an activating group) is 1. The van der Waals surface area contributed by atoms with Crippen molar-refractivity contribution >= 4 is 23.4 Å². The molecule has 1 N–H and O–H groups in total. The Morgan fingerprint density at radius 3 is 2.67 bits per heavy atom. The van der Waals surface area contributed by atoms with Crippen LogP contribution in [-0.2, 0) is 13.5 Å². The van der Waals surface area contributed by atoms with Gasteiger partial charge < -0.3 is 5.32 Å². The van der Waals surface area contributed by atoms with E-state index < -0.39 is 0 Å². The van der Waals surface area contributed by atoms with E-state index in [1.165, 1.54) is 10.5 Å². The second kappa shape index (κ2) is 7.34. The van der Waals surface area contributed by atoms with Crippen LogP contribution in [0, 0.1) is 6.92 Å². The standard InChI is InChI=1S/C16H22ClN3S/c1-5-18-14(12-8-6-7-9-15(12)21-4)10-13-11(2)19-20(3)16(13)17/h6-9,14,18H,5,10H2,1-4H3. The van der Waals surface area contributed by atoms with Gasteiger partial charge in [0.05, 0.1) is 5.69 Å². The maximum absolute atomic E-state index is 6.39. The van der Waals surface area contributed by atoms with Crippen LogP contribution in [0.4, 0.5) is 0 Å². The summed E-state index contributed by atoms with van der Waals surface area (Å²) in [5, 5.41) is 8.72. The number of hydrogen-bond acceptors (Lipinski definition) is 3. The minimum Gasteiger partial charge on any atom is -0.310 e. The van der Waals surface area contributed by atoms with Crippen molar-refractivity contribution in [3.63, 3.8) is 0 Å². The van der Waals surface area contributed by atoms with Crippen LogP contribution in [-0.4, -0.2) is 22.6 Å². The van der Waals surface area contributed by atoms with Crippen LogP contribution in [0.1, 0.15) is 29.8 Å². The predicted molar refractivity (Wildman–Crippen MR) is 91.3 cm³/mol. The van der Waals surface area contributed by atoms with E-state index in [4.69, 9.17) is 11.6 Å². The first kappa shape index (κ1) is 16.4. The van der Waals surface area contributed by atoms with Crippen molar-refractivity contribution in [2.24, 2.45) is 7.05 Å². The number of hydrogen-bond donors (Lipinski definition) is 1. The van der Waals surface area contributed by atoms with E-state index in [9.17, 15) is 0 Å². The lowest BCUT2D eigenvalue weighted by Gasteiger charge is -2.21. The Balaban J connectivity index is 2.35. The van der Waals surface area contributed by atoms with Crippen LogP contribution in [0.3, 0.4) is 0 Å². The Morgan fingerprint density at radius 1 is 1.38 bits per heavy atom. The van der Waals surface area contributed by atoms with E-state index in [1.807, 2.05) is 14.0 Å². The quantitative estimate of drug-likeness (QED) is 0.815. The normalized spacial score (nSPS) is 12.6. The third-order valence-electron chi connectivity index (χ3n) is 3.64. The molecular weight excluding hydrogens is 302 g/mol. The Kier molecular flexibility index (Phi) is 5.73. The smallest absolute Gasteiger partial charge is 0.130 e. The Morgan fingerprint density at radius 2 is 2.10 bits per heavy atom. The molecule has 1 atom stereocenters.